The molecule has 0 spiro atoms. The minimum absolute atomic E-state index is 0.363. The molecule has 0 bridgehead atoms. The molecule has 2 heterocycles. The van der Waals surface area contributed by atoms with Crippen LogP contribution in [0.25, 0.3) is 11.9 Å². The summed E-state index contributed by atoms with van der Waals surface area (Å²) < 4.78 is 6.65. The van der Waals surface area contributed by atoms with E-state index in [1.807, 2.05) is 12.1 Å². The molecule has 29 heavy (non-hydrogen) atoms. The van der Waals surface area contributed by atoms with E-state index in [2.05, 4.69) is 20.7 Å². The Bertz CT molecular complexity index is 997. The van der Waals surface area contributed by atoms with Gasteiger partial charge in [-0.1, -0.05) is 12.1 Å². The highest BCUT2D eigenvalue weighted by molar-refractivity contribution is 6.00. The maximum atomic E-state index is 12.5. The number of amides is 2. The Hall–Kier alpha value is -3.94. The van der Waals surface area contributed by atoms with Gasteiger partial charge in [0.05, 0.1) is 12.8 Å². The standard InChI is InChI=1S/C21H21N5O3/c1-15(24-19(27)11-8-16-6-9-17(29-2)10-7-16)21(28)25-18-5-3-12-22-20(18)26-14-4-13-23-26/h3-15H,1-2H3,(H,24,27)(H,25,28)/b11-8+. The Morgan fingerprint density at radius 3 is 2.62 bits per heavy atom. The first-order chi connectivity index (χ1) is 14.1. The predicted molar refractivity (Wildman–Crippen MR) is 110 cm³/mol. The van der Waals surface area contributed by atoms with Gasteiger partial charge in [0.25, 0.3) is 0 Å². The van der Waals surface area contributed by atoms with Crippen LogP contribution < -0.4 is 15.4 Å². The van der Waals surface area contributed by atoms with Crippen LogP contribution in [0.2, 0.25) is 0 Å². The number of rotatable bonds is 7. The van der Waals surface area contributed by atoms with Gasteiger partial charge in [-0.3, -0.25) is 9.59 Å². The van der Waals surface area contributed by atoms with Crippen LogP contribution in [0.5, 0.6) is 5.75 Å². The number of hydrogen-bond donors (Lipinski definition) is 2. The summed E-state index contributed by atoms with van der Waals surface area (Å²) in [7, 11) is 1.59. The second-order valence-corrected chi connectivity index (χ2v) is 6.15. The van der Waals surface area contributed by atoms with Gasteiger partial charge in [-0.25, -0.2) is 9.67 Å². The molecule has 0 fully saturated rings. The highest BCUT2D eigenvalue weighted by Gasteiger charge is 2.17. The van der Waals surface area contributed by atoms with Crippen LogP contribution in [-0.2, 0) is 9.59 Å². The van der Waals surface area contributed by atoms with Gasteiger partial charge >= 0.3 is 0 Å². The largest absolute Gasteiger partial charge is 0.497 e. The summed E-state index contributed by atoms with van der Waals surface area (Å²) in [6.45, 7) is 1.61. The summed E-state index contributed by atoms with van der Waals surface area (Å²) in [6, 6.07) is 11.7. The van der Waals surface area contributed by atoms with Crippen molar-refractivity contribution in [2.45, 2.75) is 13.0 Å². The second-order valence-electron chi connectivity index (χ2n) is 6.15. The molecular formula is C21H21N5O3. The summed E-state index contributed by atoms with van der Waals surface area (Å²) in [4.78, 5) is 28.9. The highest BCUT2D eigenvalue weighted by Crippen LogP contribution is 2.16. The van der Waals surface area contributed by atoms with E-state index in [-0.39, 0.29) is 11.8 Å². The number of carbonyl (C=O) groups excluding carboxylic acids is 2. The SMILES string of the molecule is COc1ccc(/C=C/C(=O)NC(C)C(=O)Nc2cccnc2-n2cccn2)cc1. The molecular weight excluding hydrogens is 370 g/mol. The number of ether oxygens (including phenoxy) is 1. The minimum Gasteiger partial charge on any atom is -0.497 e. The fourth-order valence-corrected chi connectivity index (χ4v) is 2.53. The zero-order valence-corrected chi connectivity index (χ0v) is 16.1. The number of methoxy groups -OCH3 is 1. The topological polar surface area (TPSA) is 98.1 Å². The number of benzene rings is 1. The lowest BCUT2D eigenvalue weighted by molar-refractivity contribution is -0.123. The van der Waals surface area contributed by atoms with E-state index in [9.17, 15) is 9.59 Å². The number of carbonyl (C=O) groups is 2. The molecule has 8 heteroatoms. The Balaban J connectivity index is 1.59. The van der Waals surface area contributed by atoms with Crippen molar-refractivity contribution in [3.8, 4) is 11.6 Å². The Kier molecular flexibility index (Phi) is 6.36. The zero-order valence-electron chi connectivity index (χ0n) is 16.1. The second kappa shape index (κ2) is 9.32. The summed E-state index contributed by atoms with van der Waals surface area (Å²) >= 11 is 0. The maximum Gasteiger partial charge on any atom is 0.246 e. The number of anilines is 1. The molecule has 0 aliphatic carbocycles. The first-order valence-corrected chi connectivity index (χ1v) is 8.95. The van der Waals surface area contributed by atoms with E-state index in [4.69, 9.17) is 4.74 Å². The van der Waals surface area contributed by atoms with Crippen LogP contribution in [0.1, 0.15) is 12.5 Å². The molecule has 2 aromatic heterocycles. The van der Waals surface area contributed by atoms with Crippen LogP contribution in [0, 0.1) is 0 Å². The van der Waals surface area contributed by atoms with Crippen molar-refractivity contribution in [3.05, 3.63) is 72.7 Å². The third-order valence-corrected chi connectivity index (χ3v) is 4.06. The van der Waals surface area contributed by atoms with Gasteiger partial charge < -0.3 is 15.4 Å². The quantitative estimate of drug-likeness (QED) is 0.603. The maximum absolute atomic E-state index is 12.5. The first kappa shape index (κ1) is 19.8. The van der Waals surface area contributed by atoms with Crippen LogP contribution >= 0.6 is 0 Å². The first-order valence-electron chi connectivity index (χ1n) is 8.95. The molecule has 1 unspecified atom stereocenters. The molecule has 0 radical (unpaired) electrons. The highest BCUT2D eigenvalue weighted by atomic mass is 16.5. The van der Waals surface area contributed by atoms with Gasteiger partial charge in [0.2, 0.25) is 11.8 Å². The fraction of sp³-hybridized carbons (Fsp3) is 0.143. The number of nitrogens with zero attached hydrogens (tertiary/aromatic N) is 3. The minimum atomic E-state index is -0.742. The van der Waals surface area contributed by atoms with Crippen LogP contribution in [0.15, 0.2) is 67.1 Å². The smallest absolute Gasteiger partial charge is 0.246 e. The summed E-state index contributed by atoms with van der Waals surface area (Å²) in [5.74, 6) is 0.491. The van der Waals surface area contributed by atoms with Crippen molar-refractivity contribution in [2.75, 3.05) is 12.4 Å². The molecule has 3 aromatic rings. The zero-order chi connectivity index (χ0) is 20.6. The van der Waals surface area contributed by atoms with E-state index in [0.717, 1.165) is 11.3 Å². The van der Waals surface area contributed by atoms with Crippen molar-refractivity contribution in [1.82, 2.24) is 20.1 Å². The van der Waals surface area contributed by atoms with Crippen LogP contribution in [0.4, 0.5) is 5.69 Å². The number of hydrogen-bond acceptors (Lipinski definition) is 5. The molecule has 0 saturated carbocycles. The number of aromatic nitrogens is 3. The van der Waals surface area contributed by atoms with Crippen molar-refractivity contribution in [2.24, 2.45) is 0 Å². The summed E-state index contributed by atoms with van der Waals surface area (Å²) in [5.41, 5.74) is 1.34. The van der Waals surface area contributed by atoms with Gasteiger partial charge in [-0.05, 0) is 48.9 Å². The monoisotopic (exact) mass is 391 g/mol. The molecule has 3 rings (SSSR count). The van der Waals surface area contributed by atoms with E-state index in [1.54, 1.807) is 73.7 Å². The van der Waals surface area contributed by atoms with Crippen molar-refractivity contribution in [1.29, 1.82) is 0 Å². The third-order valence-electron chi connectivity index (χ3n) is 4.06. The lowest BCUT2D eigenvalue weighted by atomic mass is 10.2. The Morgan fingerprint density at radius 2 is 1.93 bits per heavy atom. The lowest BCUT2D eigenvalue weighted by Gasteiger charge is -2.14. The normalized spacial score (nSPS) is 11.8. The van der Waals surface area contributed by atoms with E-state index in [0.29, 0.717) is 11.5 Å². The van der Waals surface area contributed by atoms with E-state index < -0.39 is 6.04 Å². The molecule has 1 aromatic carbocycles. The molecule has 1 atom stereocenters. The summed E-state index contributed by atoms with van der Waals surface area (Å²) in [6.07, 6.45) is 8.01. The molecule has 0 saturated heterocycles. The van der Waals surface area contributed by atoms with Gasteiger partial charge in [0.15, 0.2) is 5.82 Å². The molecule has 2 N–H and O–H groups in total. The number of pyridine rings is 1. The molecule has 0 aliphatic rings. The van der Waals surface area contributed by atoms with Gasteiger partial charge in [-0.2, -0.15) is 5.10 Å². The predicted octanol–water partition coefficient (Wildman–Crippen LogP) is 2.43. The molecule has 148 valence electrons. The molecule has 0 aliphatic heterocycles. The lowest BCUT2D eigenvalue weighted by Crippen LogP contribution is -2.41. The fourth-order valence-electron chi connectivity index (χ4n) is 2.53. The van der Waals surface area contributed by atoms with Gasteiger partial charge in [0, 0.05) is 24.7 Å². The van der Waals surface area contributed by atoms with Crippen LogP contribution in [0.3, 0.4) is 0 Å². The van der Waals surface area contributed by atoms with Crippen molar-refractivity contribution < 1.29 is 14.3 Å². The van der Waals surface area contributed by atoms with E-state index >= 15 is 0 Å². The number of nitrogens with one attached hydrogen (secondary N) is 2. The average molecular weight is 391 g/mol. The van der Waals surface area contributed by atoms with Gasteiger partial charge in [0.1, 0.15) is 11.8 Å². The third kappa shape index (κ3) is 5.29. The van der Waals surface area contributed by atoms with E-state index in [1.165, 1.54) is 6.08 Å². The molecule has 2 amide bonds. The summed E-state index contributed by atoms with van der Waals surface area (Å²) in [5, 5.41) is 9.54. The van der Waals surface area contributed by atoms with Crippen LogP contribution in [-0.4, -0.2) is 39.7 Å². The van der Waals surface area contributed by atoms with Crippen molar-refractivity contribution >= 4 is 23.6 Å². The Morgan fingerprint density at radius 1 is 1.14 bits per heavy atom. The Labute approximate surface area is 168 Å². The average Bonchev–Trinajstić information content (AvgIpc) is 3.27. The van der Waals surface area contributed by atoms with Gasteiger partial charge in [-0.15, -0.1) is 0 Å². The molecule has 8 nitrogen and oxygen atoms in total. The van der Waals surface area contributed by atoms with Crippen molar-refractivity contribution in [3.63, 3.8) is 0 Å².